The fraction of sp³-hybridized carbons (Fsp3) is 0.471. The normalized spacial score (nSPS) is 12.7. The minimum atomic E-state index is 0.594. The van der Waals surface area contributed by atoms with Gasteiger partial charge in [-0.1, -0.05) is 39.2 Å². The molecule has 0 aliphatic rings. The quantitative estimate of drug-likeness (QED) is 0.799. The Morgan fingerprint density at radius 1 is 1.05 bits per heavy atom. The predicted octanol–water partition coefficient (Wildman–Crippen LogP) is 4.89. The van der Waals surface area contributed by atoms with E-state index in [1.54, 1.807) is 0 Å². The fourth-order valence-electron chi connectivity index (χ4n) is 2.69. The van der Waals surface area contributed by atoms with Gasteiger partial charge in [-0.25, -0.2) is 4.98 Å². The van der Waals surface area contributed by atoms with Crippen LogP contribution >= 0.6 is 0 Å². The Hall–Kier alpha value is -1.57. The molecular formula is C17H24N2. The molecule has 1 aromatic carbocycles. The molecule has 2 heteroatoms. The average Bonchev–Trinajstić information content (AvgIpc) is 2.43. The number of aromatic nitrogens is 1. The maximum Gasteiger partial charge on any atom is 0.124 e. The Bertz CT molecular complexity index is 534. The number of nitrogens with two attached hydrogens (primary N) is 1. The topological polar surface area (TPSA) is 38.9 Å². The third-order valence-corrected chi connectivity index (χ3v) is 3.75. The molecule has 1 atom stereocenters. The summed E-state index contributed by atoms with van der Waals surface area (Å²) >= 11 is 0. The highest BCUT2D eigenvalue weighted by molar-refractivity contribution is 5.80. The maximum atomic E-state index is 5.72. The van der Waals surface area contributed by atoms with Gasteiger partial charge in [-0.15, -0.1) is 0 Å². The number of hydrogen-bond donors (Lipinski definition) is 1. The minimum Gasteiger partial charge on any atom is -0.384 e. The first-order valence-electron chi connectivity index (χ1n) is 7.40. The van der Waals surface area contributed by atoms with Crippen LogP contribution in [0.15, 0.2) is 30.3 Å². The Kier molecular flexibility index (Phi) is 4.78. The number of benzene rings is 1. The van der Waals surface area contributed by atoms with E-state index in [0.717, 1.165) is 5.52 Å². The molecule has 1 aromatic heterocycles. The first kappa shape index (κ1) is 13.9. The van der Waals surface area contributed by atoms with Crippen molar-refractivity contribution >= 4 is 16.7 Å². The molecule has 0 radical (unpaired) electrons. The average molecular weight is 256 g/mol. The summed E-state index contributed by atoms with van der Waals surface area (Å²) in [5, 5.41) is 1.20. The van der Waals surface area contributed by atoms with E-state index in [9.17, 15) is 0 Å². The number of anilines is 1. The molecule has 2 N–H and O–H groups in total. The van der Waals surface area contributed by atoms with E-state index < -0.39 is 0 Å². The second kappa shape index (κ2) is 6.55. The van der Waals surface area contributed by atoms with Crippen molar-refractivity contribution in [1.29, 1.82) is 0 Å². The minimum absolute atomic E-state index is 0.594. The number of rotatable bonds is 6. The van der Waals surface area contributed by atoms with Gasteiger partial charge >= 0.3 is 0 Å². The zero-order valence-corrected chi connectivity index (χ0v) is 12.0. The highest BCUT2D eigenvalue weighted by atomic mass is 14.8. The van der Waals surface area contributed by atoms with Crippen LogP contribution in [0.3, 0.4) is 0 Å². The molecule has 2 rings (SSSR count). The fourth-order valence-corrected chi connectivity index (χ4v) is 2.69. The van der Waals surface area contributed by atoms with Crippen LogP contribution < -0.4 is 5.73 Å². The number of hydrogen-bond acceptors (Lipinski definition) is 2. The van der Waals surface area contributed by atoms with Crippen LogP contribution in [0.1, 0.15) is 57.4 Å². The highest BCUT2D eigenvalue weighted by Crippen LogP contribution is 2.29. The van der Waals surface area contributed by atoms with Crippen molar-refractivity contribution in [2.45, 2.75) is 51.9 Å². The second-order valence-electron chi connectivity index (χ2n) is 5.32. The Labute approximate surface area is 116 Å². The lowest BCUT2D eigenvalue weighted by molar-refractivity contribution is 0.541. The van der Waals surface area contributed by atoms with E-state index in [2.05, 4.69) is 43.1 Å². The molecule has 2 nitrogen and oxygen atoms in total. The molecule has 0 aliphatic heterocycles. The monoisotopic (exact) mass is 256 g/mol. The standard InChI is InChI=1S/C17H24N2/c1-3-5-7-13(6-4-2)14-8-10-16-15(12-14)9-11-17(18)19-16/h8-13H,3-7H2,1-2H3,(H2,18,19). The summed E-state index contributed by atoms with van der Waals surface area (Å²) in [6, 6.07) is 10.6. The second-order valence-corrected chi connectivity index (χ2v) is 5.32. The number of pyridine rings is 1. The molecule has 0 saturated heterocycles. The van der Waals surface area contributed by atoms with E-state index in [1.807, 2.05) is 6.07 Å². The summed E-state index contributed by atoms with van der Waals surface area (Å²) in [5.74, 6) is 1.28. The predicted molar refractivity (Wildman–Crippen MR) is 83.3 cm³/mol. The van der Waals surface area contributed by atoms with Crippen molar-refractivity contribution in [2.24, 2.45) is 0 Å². The van der Waals surface area contributed by atoms with Gasteiger partial charge in [0.1, 0.15) is 5.82 Å². The maximum absolute atomic E-state index is 5.72. The largest absolute Gasteiger partial charge is 0.384 e. The Morgan fingerprint density at radius 2 is 1.89 bits per heavy atom. The van der Waals surface area contributed by atoms with E-state index in [0.29, 0.717) is 11.7 Å². The van der Waals surface area contributed by atoms with Crippen molar-refractivity contribution in [3.05, 3.63) is 35.9 Å². The number of fused-ring (bicyclic) bond motifs is 1. The van der Waals surface area contributed by atoms with Crippen LogP contribution in [-0.4, -0.2) is 4.98 Å². The molecule has 2 aromatic rings. The lowest BCUT2D eigenvalue weighted by Gasteiger charge is -2.17. The van der Waals surface area contributed by atoms with Crippen molar-refractivity contribution in [3.8, 4) is 0 Å². The molecule has 1 unspecified atom stereocenters. The van der Waals surface area contributed by atoms with Crippen LogP contribution in [0, 0.1) is 0 Å². The van der Waals surface area contributed by atoms with E-state index in [1.165, 1.54) is 43.1 Å². The van der Waals surface area contributed by atoms with Gasteiger partial charge in [0, 0.05) is 5.39 Å². The zero-order valence-electron chi connectivity index (χ0n) is 12.0. The van der Waals surface area contributed by atoms with E-state index in [-0.39, 0.29) is 0 Å². The van der Waals surface area contributed by atoms with Gasteiger partial charge in [-0.2, -0.15) is 0 Å². The SMILES string of the molecule is CCCCC(CCC)c1ccc2nc(N)ccc2c1. The Balaban J connectivity index is 2.29. The number of unbranched alkanes of at least 4 members (excludes halogenated alkanes) is 1. The van der Waals surface area contributed by atoms with Gasteiger partial charge in [0.25, 0.3) is 0 Å². The van der Waals surface area contributed by atoms with Crippen molar-refractivity contribution in [2.75, 3.05) is 5.73 Å². The van der Waals surface area contributed by atoms with Gasteiger partial charge in [0.2, 0.25) is 0 Å². The van der Waals surface area contributed by atoms with Crippen molar-refractivity contribution in [1.82, 2.24) is 4.98 Å². The molecule has 1 heterocycles. The smallest absolute Gasteiger partial charge is 0.124 e. The first-order valence-corrected chi connectivity index (χ1v) is 7.40. The van der Waals surface area contributed by atoms with Crippen LogP contribution in [0.2, 0.25) is 0 Å². The molecule has 102 valence electrons. The Morgan fingerprint density at radius 3 is 2.63 bits per heavy atom. The molecule has 0 amide bonds. The first-order chi connectivity index (χ1) is 9.24. The molecule has 0 fully saturated rings. The summed E-state index contributed by atoms with van der Waals surface area (Å²) in [4.78, 5) is 4.36. The van der Waals surface area contributed by atoms with Gasteiger partial charge in [0.15, 0.2) is 0 Å². The molecular weight excluding hydrogens is 232 g/mol. The summed E-state index contributed by atoms with van der Waals surface area (Å²) in [6.07, 6.45) is 6.38. The number of nitrogens with zero attached hydrogens (tertiary/aromatic N) is 1. The summed E-state index contributed by atoms with van der Waals surface area (Å²) in [6.45, 7) is 4.53. The molecule has 0 saturated carbocycles. The van der Waals surface area contributed by atoms with E-state index in [4.69, 9.17) is 5.73 Å². The van der Waals surface area contributed by atoms with Gasteiger partial charge in [-0.3, -0.25) is 0 Å². The van der Waals surface area contributed by atoms with Gasteiger partial charge in [0.05, 0.1) is 5.52 Å². The molecule has 19 heavy (non-hydrogen) atoms. The molecule has 0 spiro atoms. The van der Waals surface area contributed by atoms with Crippen molar-refractivity contribution < 1.29 is 0 Å². The van der Waals surface area contributed by atoms with Crippen LogP contribution in [-0.2, 0) is 0 Å². The van der Waals surface area contributed by atoms with Gasteiger partial charge < -0.3 is 5.73 Å². The zero-order chi connectivity index (χ0) is 13.7. The third kappa shape index (κ3) is 3.46. The number of nitrogen functional groups attached to an aromatic ring is 1. The highest BCUT2D eigenvalue weighted by Gasteiger charge is 2.11. The summed E-state index contributed by atoms with van der Waals surface area (Å²) in [5.41, 5.74) is 8.17. The van der Waals surface area contributed by atoms with Crippen LogP contribution in [0.4, 0.5) is 5.82 Å². The summed E-state index contributed by atoms with van der Waals surface area (Å²) in [7, 11) is 0. The molecule has 0 aliphatic carbocycles. The van der Waals surface area contributed by atoms with Crippen LogP contribution in [0.5, 0.6) is 0 Å². The van der Waals surface area contributed by atoms with Crippen molar-refractivity contribution in [3.63, 3.8) is 0 Å². The van der Waals surface area contributed by atoms with Crippen LogP contribution in [0.25, 0.3) is 10.9 Å². The molecule has 0 bridgehead atoms. The lowest BCUT2D eigenvalue weighted by atomic mass is 9.89. The lowest BCUT2D eigenvalue weighted by Crippen LogP contribution is -1.99. The van der Waals surface area contributed by atoms with E-state index >= 15 is 0 Å². The summed E-state index contributed by atoms with van der Waals surface area (Å²) < 4.78 is 0. The third-order valence-electron chi connectivity index (χ3n) is 3.75. The van der Waals surface area contributed by atoms with Gasteiger partial charge in [-0.05, 0) is 48.6 Å².